The van der Waals surface area contributed by atoms with Crippen molar-refractivity contribution in [3.05, 3.63) is 46.4 Å². The Labute approximate surface area is 128 Å². The molecule has 2 aromatic heterocycles. The summed E-state index contributed by atoms with van der Waals surface area (Å²) in [6, 6.07) is 5.76. The van der Waals surface area contributed by atoms with E-state index < -0.39 is 0 Å². The van der Waals surface area contributed by atoms with Crippen molar-refractivity contribution in [3.8, 4) is 5.75 Å². The molecule has 2 rings (SSSR count). The van der Waals surface area contributed by atoms with Crippen LogP contribution in [0.4, 0.5) is 0 Å². The fourth-order valence-corrected chi connectivity index (χ4v) is 2.63. The molecule has 0 bridgehead atoms. The van der Waals surface area contributed by atoms with Gasteiger partial charge in [-0.3, -0.25) is 9.78 Å². The molecule has 0 aliphatic heterocycles. The molecule has 0 fully saturated rings. The van der Waals surface area contributed by atoms with Crippen molar-refractivity contribution in [3.63, 3.8) is 0 Å². The van der Waals surface area contributed by atoms with E-state index >= 15 is 0 Å². The summed E-state index contributed by atoms with van der Waals surface area (Å²) in [6.45, 7) is 2.28. The zero-order valence-electron chi connectivity index (χ0n) is 12.0. The van der Waals surface area contributed by atoms with E-state index in [0.29, 0.717) is 17.2 Å². The highest BCUT2D eigenvalue weighted by Gasteiger charge is 2.12. The number of thiophene rings is 1. The van der Waals surface area contributed by atoms with Crippen molar-refractivity contribution in [2.75, 3.05) is 20.2 Å². The second-order valence-electron chi connectivity index (χ2n) is 4.47. The first-order valence-electron chi connectivity index (χ1n) is 6.80. The van der Waals surface area contributed by atoms with E-state index in [9.17, 15) is 4.79 Å². The Bertz CT molecular complexity index is 557. The summed E-state index contributed by atoms with van der Waals surface area (Å²) < 4.78 is 5.13. The van der Waals surface area contributed by atoms with Crippen molar-refractivity contribution in [1.29, 1.82) is 0 Å². The highest BCUT2D eigenvalue weighted by Crippen LogP contribution is 2.23. The van der Waals surface area contributed by atoms with E-state index in [1.807, 2.05) is 23.7 Å². The zero-order chi connectivity index (χ0) is 14.9. The van der Waals surface area contributed by atoms with Gasteiger partial charge in [-0.15, -0.1) is 11.3 Å². The van der Waals surface area contributed by atoms with Crippen LogP contribution in [0.5, 0.6) is 5.75 Å². The van der Waals surface area contributed by atoms with Gasteiger partial charge in [-0.2, -0.15) is 0 Å². The Morgan fingerprint density at radius 3 is 3.05 bits per heavy atom. The molecule has 6 heteroatoms. The number of aromatic nitrogens is 1. The molecular weight excluding hydrogens is 286 g/mol. The highest BCUT2D eigenvalue weighted by atomic mass is 32.1. The fraction of sp³-hybridized carbons (Fsp3) is 0.333. The van der Waals surface area contributed by atoms with E-state index in [0.717, 1.165) is 25.1 Å². The van der Waals surface area contributed by atoms with E-state index in [4.69, 9.17) is 4.74 Å². The number of carbonyl (C=O) groups excluding carboxylic acids is 1. The third kappa shape index (κ3) is 4.84. The summed E-state index contributed by atoms with van der Waals surface area (Å²) in [5.74, 6) is 0.557. The number of hydrogen-bond donors (Lipinski definition) is 2. The zero-order valence-corrected chi connectivity index (χ0v) is 12.8. The second kappa shape index (κ2) is 8.39. The molecule has 2 aromatic rings. The smallest absolute Gasteiger partial charge is 0.265 e. The molecule has 21 heavy (non-hydrogen) atoms. The first-order valence-corrected chi connectivity index (χ1v) is 7.68. The molecular formula is C15H19N3O2S. The number of nitrogens with zero attached hydrogens (tertiary/aromatic N) is 1. The van der Waals surface area contributed by atoms with Gasteiger partial charge < -0.3 is 15.4 Å². The average Bonchev–Trinajstić information content (AvgIpc) is 3.00. The highest BCUT2D eigenvalue weighted by molar-refractivity contribution is 7.12. The standard InChI is InChI=1S/C15H19N3O2S/c1-20-13-5-9-21-14(13)15(19)18-8-3-7-17-11-12-4-2-6-16-10-12/h2,4-6,9-10,17H,3,7-8,11H2,1H3,(H,18,19). The molecule has 0 aliphatic carbocycles. The lowest BCUT2D eigenvalue weighted by molar-refractivity contribution is 0.0954. The summed E-state index contributed by atoms with van der Waals surface area (Å²) in [6.07, 6.45) is 4.48. The molecule has 1 amide bonds. The molecule has 5 nitrogen and oxygen atoms in total. The van der Waals surface area contributed by atoms with E-state index in [2.05, 4.69) is 15.6 Å². The number of methoxy groups -OCH3 is 1. The molecule has 0 unspecified atom stereocenters. The van der Waals surface area contributed by atoms with E-state index in [-0.39, 0.29) is 5.91 Å². The minimum Gasteiger partial charge on any atom is -0.495 e. The molecule has 0 atom stereocenters. The monoisotopic (exact) mass is 305 g/mol. The molecule has 0 saturated heterocycles. The lowest BCUT2D eigenvalue weighted by atomic mass is 10.3. The van der Waals surface area contributed by atoms with Gasteiger partial charge in [0.1, 0.15) is 10.6 Å². The Balaban J connectivity index is 1.61. The molecule has 0 saturated carbocycles. The van der Waals surface area contributed by atoms with Gasteiger partial charge in [-0.05, 0) is 36.0 Å². The maximum Gasteiger partial charge on any atom is 0.265 e. The lowest BCUT2D eigenvalue weighted by Crippen LogP contribution is -2.27. The van der Waals surface area contributed by atoms with Gasteiger partial charge in [0.2, 0.25) is 0 Å². The minimum absolute atomic E-state index is 0.0749. The Morgan fingerprint density at radius 1 is 1.38 bits per heavy atom. The SMILES string of the molecule is COc1ccsc1C(=O)NCCCNCc1cccnc1. The lowest BCUT2D eigenvalue weighted by Gasteiger charge is -2.07. The number of nitrogens with one attached hydrogen (secondary N) is 2. The van der Waals surface area contributed by atoms with Crippen LogP contribution in [-0.4, -0.2) is 31.1 Å². The Kier molecular flexibility index (Phi) is 6.18. The third-order valence-corrected chi connectivity index (χ3v) is 3.82. The molecule has 0 radical (unpaired) electrons. The van der Waals surface area contributed by atoms with Crippen LogP contribution in [0.25, 0.3) is 0 Å². The van der Waals surface area contributed by atoms with Crippen LogP contribution >= 0.6 is 11.3 Å². The minimum atomic E-state index is -0.0749. The van der Waals surface area contributed by atoms with Crippen LogP contribution in [0, 0.1) is 0 Å². The van der Waals surface area contributed by atoms with Gasteiger partial charge in [0.25, 0.3) is 5.91 Å². The van der Waals surface area contributed by atoms with Crippen molar-refractivity contribution >= 4 is 17.2 Å². The first kappa shape index (κ1) is 15.5. The van der Waals surface area contributed by atoms with E-state index in [1.54, 1.807) is 19.4 Å². The first-order chi connectivity index (χ1) is 10.3. The largest absolute Gasteiger partial charge is 0.495 e. The topological polar surface area (TPSA) is 63.2 Å². The quantitative estimate of drug-likeness (QED) is 0.733. The number of ether oxygens (including phenoxy) is 1. The summed E-state index contributed by atoms with van der Waals surface area (Å²) in [7, 11) is 1.57. The van der Waals surface area contributed by atoms with Crippen molar-refractivity contribution < 1.29 is 9.53 Å². The van der Waals surface area contributed by atoms with Crippen LogP contribution in [0.15, 0.2) is 36.0 Å². The molecule has 2 heterocycles. The van der Waals surface area contributed by atoms with Gasteiger partial charge in [0.15, 0.2) is 0 Å². The molecule has 112 valence electrons. The molecule has 0 aromatic carbocycles. The number of carbonyl (C=O) groups is 1. The maximum atomic E-state index is 11.9. The van der Waals surface area contributed by atoms with Gasteiger partial charge in [-0.1, -0.05) is 6.07 Å². The summed E-state index contributed by atoms with van der Waals surface area (Å²) in [5, 5.41) is 8.07. The van der Waals surface area contributed by atoms with E-state index in [1.165, 1.54) is 11.3 Å². The molecule has 0 spiro atoms. The number of rotatable bonds is 8. The van der Waals surface area contributed by atoms with Gasteiger partial charge in [-0.25, -0.2) is 0 Å². The maximum absolute atomic E-state index is 11.9. The summed E-state index contributed by atoms with van der Waals surface area (Å²) in [4.78, 5) is 16.6. The Morgan fingerprint density at radius 2 is 2.29 bits per heavy atom. The Hall–Kier alpha value is -1.92. The van der Waals surface area contributed by atoms with Crippen LogP contribution in [0.2, 0.25) is 0 Å². The molecule has 2 N–H and O–H groups in total. The van der Waals surface area contributed by atoms with Gasteiger partial charge >= 0.3 is 0 Å². The van der Waals surface area contributed by atoms with Gasteiger partial charge in [0, 0.05) is 25.5 Å². The predicted octanol–water partition coefficient (Wildman–Crippen LogP) is 2.06. The number of amides is 1. The average molecular weight is 305 g/mol. The van der Waals surface area contributed by atoms with Crippen LogP contribution in [0.3, 0.4) is 0 Å². The van der Waals surface area contributed by atoms with Crippen molar-refractivity contribution in [2.24, 2.45) is 0 Å². The van der Waals surface area contributed by atoms with Gasteiger partial charge in [0.05, 0.1) is 7.11 Å². The second-order valence-corrected chi connectivity index (χ2v) is 5.38. The van der Waals surface area contributed by atoms with Crippen molar-refractivity contribution in [2.45, 2.75) is 13.0 Å². The van der Waals surface area contributed by atoms with Crippen LogP contribution in [0.1, 0.15) is 21.7 Å². The van der Waals surface area contributed by atoms with Crippen LogP contribution < -0.4 is 15.4 Å². The number of hydrogen-bond acceptors (Lipinski definition) is 5. The summed E-state index contributed by atoms with van der Waals surface area (Å²) in [5.41, 5.74) is 1.16. The molecule has 0 aliphatic rings. The van der Waals surface area contributed by atoms with Crippen LogP contribution in [-0.2, 0) is 6.54 Å². The summed E-state index contributed by atoms with van der Waals surface area (Å²) >= 11 is 1.39. The third-order valence-electron chi connectivity index (χ3n) is 2.92. The van der Waals surface area contributed by atoms with Crippen molar-refractivity contribution in [1.82, 2.24) is 15.6 Å². The predicted molar refractivity (Wildman–Crippen MR) is 83.8 cm³/mol. The normalized spacial score (nSPS) is 10.3. The number of pyridine rings is 1. The fourth-order valence-electron chi connectivity index (χ4n) is 1.85.